The Balaban J connectivity index is 1.86. The number of nitrogens with zero attached hydrogens (tertiary/aromatic N) is 2. The third-order valence-corrected chi connectivity index (χ3v) is 5.53. The predicted octanol–water partition coefficient (Wildman–Crippen LogP) is 2.47. The number of ether oxygens (including phenoxy) is 1. The molecule has 1 aliphatic rings. The fraction of sp³-hybridized carbons (Fsp3) is 0.444. The van der Waals surface area contributed by atoms with Crippen LogP contribution in [0.25, 0.3) is 0 Å². The SMILES string of the molecule is CC(Oc1ccccc1)C(=O)Nc1c2c(nn1C(C)(C)C)CS(=O)(=O)C2. The molecule has 0 fully saturated rings. The molecule has 2 aromatic rings. The molecule has 1 N–H and O–H groups in total. The molecule has 0 saturated heterocycles. The second-order valence-corrected chi connectivity index (χ2v) is 9.52. The van der Waals surface area contributed by atoms with Gasteiger partial charge in [0.1, 0.15) is 11.6 Å². The molecule has 1 amide bonds. The third kappa shape index (κ3) is 3.75. The number of nitrogens with one attached hydrogen (secondary N) is 1. The second kappa shape index (κ2) is 6.42. The summed E-state index contributed by atoms with van der Waals surface area (Å²) in [6.07, 6.45) is -0.741. The molecule has 1 atom stereocenters. The van der Waals surface area contributed by atoms with E-state index in [9.17, 15) is 13.2 Å². The van der Waals surface area contributed by atoms with Gasteiger partial charge in [-0.05, 0) is 39.8 Å². The first-order chi connectivity index (χ1) is 12.1. The van der Waals surface area contributed by atoms with Crippen LogP contribution in [0.15, 0.2) is 30.3 Å². The van der Waals surface area contributed by atoms with Gasteiger partial charge in [0, 0.05) is 5.56 Å². The highest BCUT2D eigenvalue weighted by Crippen LogP contribution is 2.34. The molecule has 0 spiro atoms. The van der Waals surface area contributed by atoms with E-state index in [1.54, 1.807) is 23.7 Å². The zero-order valence-electron chi connectivity index (χ0n) is 15.3. The topological polar surface area (TPSA) is 90.3 Å². The first-order valence-electron chi connectivity index (χ1n) is 8.41. The number of rotatable bonds is 4. The fourth-order valence-electron chi connectivity index (χ4n) is 2.83. The maximum absolute atomic E-state index is 12.6. The molecule has 26 heavy (non-hydrogen) atoms. The number of para-hydroxylation sites is 1. The Bertz CT molecular complexity index is 927. The summed E-state index contributed by atoms with van der Waals surface area (Å²) < 4.78 is 31.2. The molecule has 0 saturated carbocycles. The van der Waals surface area contributed by atoms with Gasteiger partial charge in [0.25, 0.3) is 5.91 Å². The molecule has 1 aromatic heterocycles. The highest BCUT2D eigenvalue weighted by atomic mass is 32.2. The van der Waals surface area contributed by atoms with Crippen LogP contribution in [-0.2, 0) is 31.7 Å². The van der Waals surface area contributed by atoms with Gasteiger partial charge < -0.3 is 10.1 Å². The van der Waals surface area contributed by atoms with Crippen LogP contribution < -0.4 is 10.1 Å². The molecule has 7 nitrogen and oxygen atoms in total. The molecular weight excluding hydrogens is 354 g/mol. The number of anilines is 1. The summed E-state index contributed by atoms with van der Waals surface area (Å²) in [7, 11) is -3.21. The van der Waals surface area contributed by atoms with Crippen molar-refractivity contribution in [1.82, 2.24) is 9.78 Å². The number of hydrogen-bond acceptors (Lipinski definition) is 5. The van der Waals surface area contributed by atoms with Gasteiger partial charge in [-0.15, -0.1) is 0 Å². The fourth-order valence-corrected chi connectivity index (χ4v) is 4.33. The summed E-state index contributed by atoms with van der Waals surface area (Å²) in [5.41, 5.74) is 0.673. The molecular formula is C18H23N3O4S. The molecule has 1 aromatic carbocycles. The number of fused-ring (bicyclic) bond motifs is 1. The van der Waals surface area contributed by atoms with E-state index in [-0.39, 0.29) is 17.4 Å². The van der Waals surface area contributed by atoms with E-state index >= 15 is 0 Å². The molecule has 2 heterocycles. The van der Waals surface area contributed by atoms with Crippen molar-refractivity contribution < 1.29 is 17.9 Å². The monoisotopic (exact) mass is 377 g/mol. The Hall–Kier alpha value is -2.35. The number of carbonyl (C=O) groups is 1. The van der Waals surface area contributed by atoms with Crippen LogP contribution in [0.4, 0.5) is 5.82 Å². The highest BCUT2D eigenvalue weighted by Gasteiger charge is 2.35. The van der Waals surface area contributed by atoms with Crippen LogP contribution in [0, 0.1) is 0 Å². The van der Waals surface area contributed by atoms with Gasteiger partial charge in [-0.3, -0.25) is 4.79 Å². The summed E-state index contributed by atoms with van der Waals surface area (Å²) in [5.74, 6) is 0.465. The Morgan fingerprint density at radius 2 is 1.88 bits per heavy atom. The van der Waals surface area contributed by atoms with Crippen molar-refractivity contribution in [3.8, 4) is 5.75 Å². The van der Waals surface area contributed by atoms with Crippen molar-refractivity contribution in [1.29, 1.82) is 0 Å². The Morgan fingerprint density at radius 1 is 1.23 bits per heavy atom. The van der Waals surface area contributed by atoms with Crippen molar-refractivity contribution in [2.75, 3.05) is 5.32 Å². The maximum atomic E-state index is 12.6. The minimum atomic E-state index is -3.21. The number of carbonyl (C=O) groups excluding carboxylic acids is 1. The number of benzene rings is 1. The number of sulfone groups is 1. The van der Waals surface area contributed by atoms with Gasteiger partial charge in [-0.2, -0.15) is 5.10 Å². The highest BCUT2D eigenvalue weighted by molar-refractivity contribution is 7.90. The molecule has 0 aliphatic carbocycles. The van der Waals surface area contributed by atoms with Gasteiger partial charge in [0.05, 0.1) is 22.7 Å². The maximum Gasteiger partial charge on any atom is 0.266 e. The van der Waals surface area contributed by atoms with Crippen molar-refractivity contribution in [2.24, 2.45) is 0 Å². The van der Waals surface area contributed by atoms with E-state index in [0.29, 0.717) is 22.8 Å². The summed E-state index contributed by atoms with van der Waals surface area (Å²) in [6, 6.07) is 9.06. The predicted molar refractivity (Wildman–Crippen MR) is 98.7 cm³/mol. The molecule has 1 aliphatic heterocycles. The first kappa shape index (κ1) is 18.4. The van der Waals surface area contributed by atoms with Crippen LogP contribution in [0.1, 0.15) is 39.0 Å². The van der Waals surface area contributed by atoms with Gasteiger partial charge >= 0.3 is 0 Å². The Labute approximate surface area is 153 Å². The minimum absolute atomic E-state index is 0.0929. The van der Waals surface area contributed by atoms with Crippen LogP contribution in [0.3, 0.4) is 0 Å². The lowest BCUT2D eigenvalue weighted by Gasteiger charge is -2.24. The molecule has 0 radical (unpaired) electrons. The summed E-state index contributed by atoms with van der Waals surface area (Å²) >= 11 is 0. The zero-order valence-corrected chi connectivity index (χ0v) is 16.1. The lowest BCUT2D eigenvalue weighted by Crippen LogP contribution is -2.33. The van der Waals surface area contributed by atoms with E-state index in [1.165, 1.54) is 0 Å². The van der Waals surface area contributed by atoms with Gasteiger partial charge in [0.15, 0.2) is 15.9 Å². The smallest absolute Gasteiger partial charge is 0.266 e. The van der Waals surface area contributed by atoms with Crippen molar-refractivity contribution in [3.05, 3.63) is 41.6 Å². The summed E-state index contributed by atoms with van der Waals surface area (Å²) in [4.78, 5) is 12.6. The molecule has 8 heteroatoms. The number of aromatic nitrogens is 2. The van der Waals surface area contributed by atoms with Crippen molar-refractivity contribution in [3.63, 3.8) is 0 Å². The van der Waals surface area contributed by atoms with E-state index < -0.39 is 21.5 Å². The largest absolute Gasteiger partial charge is 0.481 e. The first-order valence-corrected chi connectivity index (χ1v) is 10.2. The van der Waals surface area contributed by atoms with Crippen molar-refractivity contribution >= 4 is 21.6 Å². The lowest BCUT2D eigenvalue weighted by molar-refractivity contribution is -0.122. The molecule has 3 rings (SSSR count). The third-order valence-electron chi connectivity index (χ3n) is 4.09. The van der Waals surface area contributed by atoms with E-state index in [0.717, 1.165) is 0 Å². The Morgan fingerprint density at radius 3 is 2.50 bits per heavy atom. The molecule has 1 unspecified atom stereocenters. The van der Waals surface area contributed by atoms with E-state index in [1.807, 2.05) is 39.0 Å². The standard InChI is InChI=1S/C18H23N3O4S/c1-12(25-13-8-6-5-7-9-13)17(22)19-16-14-10-26(23,24)11-15(14)20-21(16)18(2,3)4/h5-9,12H,10-11H2,1-4H3,(H,19,22). The summed E-state index contributed by atoms with van der Waals surface area (Å²) in [6.45, 7) is 7.49. The molecule has 140 valence electrons. The average molecular weight is 377 g/mol. The molecule has 0 bridgehead atoms. The second-order valence-electron chi connectivity index (χ2n) is 7.45. The van der Waals surface area contributed by atoms with Crippen molar-refractivity contribution in [2.45, 2.75) is 50.8 Å². The Kier molecular flexibility index (Phi) is 4.56. The van der Waals surface area contributed by atoms with Crippen LogP contribution in [-0.4, -0.2) is 30.2 Å². The zero-order chi connectivity index (χ0) is 19.1. The van der Waals surface area contributed by atoms with E-state index in [2.05, 4.69) is 10.4 Å². The van der Waals surface area contributed by atoms with Crippen LogP contribution >= 0.6 is 0 Å². The average Bonchev–Trinajstić information content (AvgIpc) is 3.01. The lowest BCUT2D eigenvalue weighted by atomic mass is 10.1. The van der Waals surface area contributed by atoms with Gasteiger partial charge in [-0.25, -0.2) is 13.1 Å². The number of amides is 1. The van der Waals surface area contributed by atoms with E-state index in [4.69, 9.17) is 4.74 Å². The van der Waals surface area contributed by atoms with Crippen LogP contribution in [0.5, 0.6) is 5.75 Å². The normalized spacial score (nSPS) is 16.8. The minimum Gasteiger partial charge on any atom is -0.481 e. The van der Waals surface area contributed by atoms with Gasteiger partial charge in [-0.1, -0.05) is 18.2 Å². The summed E-state index contributed by atoms with van der Waals surface area (Å²) in [5, 5.41) is 7.26. The quantitative estimate of drug-likeness (QED) is 0.884. The van der Waals surface area contributed by atoms with Gasteiger partial charge in [0.2, 0.25) is 0 Å². The van der Waals surface area contributed by atoms with Crippen LogP contribution in [0.2, 0.25) is 0 Å². The number of hydrogen-bond donors (Lipinski definition) is 1.